The second kappa shape index (κ2) is 11.1. The van der Waals surface area contributed by atoms with Crippen LogP contribution in [0.4, 0.5) is 0 Å². The van der Waals surface area contributed by atoms with Gasteiger partial charge in [0.2, 0.25) is 0 Å². The number of unbranched alkanes of at least 4 members (excludes halogenated alkanes) is 1. The van der Waals surface area contributed by atoms with Crippen LogP contribution >= 0.6 is 0 Å². The standard InChI is InChI=1S/C24H31BN2O5/c1-29-20-11-16-7-10-27(15-17(16)12-21(20)30-2)9-6-5-8-26-24(28)19-13-18(25)14-22(31-3)23(19)32-4/h11-14H,5-10,15H2,1-4H3,(H,26,28). The van der Waals surface area contributed by atoms with Crippen LogP contribution in [-0.2, 0) is 13.0 Å². The number of hydrogen-bond donors (Lipinski definition) is 1. The van der Waals surface area contributed by atoms with Crippen LogP contribution in [0.5, 0.6) is 23.0 Å². The fourth-order valence-electron chi connectivity index (χ4n) is 4.04. The molecule has 1 heterocycles. The van der Waals surface area contributed by atoms with Crippen LogP contribution < -0.4 is 29.7 Å². The Labute approximate surface area is 191 Å². The van der Waals surface area contributed by atoms with E-state index in [-0.39, 0.29) is 5.91 Å². The quantitative estimate of drug-likeness (QED) is 0.453. The molecule has 1 aliphatic heterocycles. The maximum atomic E-state index is 12.6. The molecule has 0 fully saturated rings. The smallest absolute Gasteiger partial charge is 0.255 e. The second-order valence-corrected chi connectivity index (χ2v) is 7.77. The van der Waals surface area contributed by atoms with Crippen molar-refractivity contribution in [2.24, 2.45) is 0 Å². The minimum absolute atomic E-state index is 0.222. The van der Waals surface area contributed by atoms with Crippen LogP contribution in [0.25, 0.3) is 0 Å². The maximum absolute atomic E-state index is 12.6. The molecule has 1 N–H and O–H groups in total. The lowest BCUT2D eigenvalue weighted by molar-refractivity contribution is 0.0949. The Morgan fingerprint density at radius 3 is 2.28 bits per heavy atom. The molecule has 0 spiro atoms. The molecule has 7 nitrogen and oxygen atoms in total. The zero-order valence-electron chi connectivity index (χ0n) is 19.3. The summed E-state index contributed by atoms with van der Waals surface area (Å²) in [6.45, 7) is 3.45. The highest BCUT2D eigenvalue weighted by Crippen LogP contribution is 2.33. The van der Waals surface area contributed by atoms with Crippen LogP contribution in [0, 0.1) is 0 Å². The third-order valence-electron chi connectivity index (χ3n) is 5.73. The fourth-order valence-corrected chi connectivity index (χ4v) is 4.04. The molecule has 0 bridgehead atoms. The van der Waals surface area contributed by atoms with Gasteiger partial charge in [0.15, 0.2) is 23.0 Å². The molecule has 0 saturated carbocycles. The van der Waals surface area contributed by atoms with E-state index < -0.39 is 0 Å². The lowest BCUT2D eigenvalue weighted by atomic mass is 9.93. The highest BCUT2D eigenvalue weighted by atomic mass is 16.5. The van der Waals surface area contributed by atoms with E-state index >= 15 is 0 Å². The van der Waals surface area contributed by atoms with Gasteiger partial charge in [-0.15, -0.1) is 0 Å². The predicted molar refractivity (Wildman–Crippen MR) is 125 cm³/mol. The molecule has 3 rings (SSSR count). The van der Waals surface area contributed by atoms with E-state index in [1.54, 1.807) is 26.4 Å². The molecule has 0 aliphatic carbocycles. The summed E-state index contributed by atoms with van der Waals surface area (Å²) < 4.78 is 21.5. The van der Waals surface area contributed by atoms with Gasteiger partial charge >= 0.3 is 0 Å². The van der Waals surface area contributed by atoms with Crippen LogP contribution in [-0.4, -0.2) is 66.7 Å². The SMILES string of the molecule is [B]c1cc(OC)c(OC)c(C(=O)NCCCCN2CCc3cc(OC)c(OC)cc3C2)c1. The molecule has 2 aromatic rings. The average molecular weight is 438 g/mol. The summed E-state index contributed by atoms with van der Waals surface area (Å²) in [5.41, 5.74) is 3.43. The molecular weight excluding hydrogens is 407 g/mol. The molecule has 2 radical (unpaired) electrons. The number of benzene rings is 2. The molecule has 8 heteroatoms. The Bertz CT molecular complexity index is 950. The first-order chi connectivity index (χ1) is 15.5. The summed E-state index contributed by atoms with van der Waals surface area (Å²) in [5.74, 6) is 2.16. The van der Waals surface area contributed by atoms with Crippen LogP contribution in [0.3, 0.4) is 0 Å². The number of rotatable bonds is 10. The normalized spacial score (nSPS) is 13.2. The largest absolute Gasteiger partial charge is 0.493 e. The summed E-state index contributed by atoms with van der Waals surface area (Å²) in [6, 6.07) is 7.40. The summed E-state index contributed by atoms with van der Waals surface area (Å²) in [5, 5.41) is 2.95. The predicted octanol–water partition coefficient (Wildman–Crippen LogP) is 2.08. The van der Waals surface area contributed by atoms with Gasteiger partial charge < -0.3 is 24.3 Å². The van der Waals surface area contributed by atoms with Gasteiger partial charge in [-0.25, -0.2) is 0 Å². The highest BCUT2D eigenvalue weighted by Gasteiger charge is 2.20. The maximum Gasteiger partial charge on any atom is 0.255 e. The van der Waals surface area contributed by atoms with Gasteiger partial charge in [0.05, 0.1) is 34.0 Å². The van der Waals surface area contributed by atoms with Crippen molar-refractivity contribution < 1.29 is 23.7 Å². The number of carbonyl (C=O) groups is 1. The third-order valence-corrected chi connectivity index (χ3v) is 5.73. The van der Waals surface area contributed by atoms with E-state index in [1.807, 2.05) is 0 Å². The Morgan fingerprint density at radius 2 is 1.62 bits per heavy atom. The minimum atomic E-state index is -0.222. The van der Waals surface area contributed by atoms with Crippen molar-refractivity contribution in [2.75, 3.05) is 48.1 Å². The van der Waals surface area contributed by atoms with Crippen molar-refractivity contribution in [3.63, 3.8) is 0 Å². The molecular formula is C24H31BN2O5. The number of nitrogens with zero attached hydrogens (tertiary/aromatic N) is 1. The topological polar surface area (TPSA) is 69.3 Å². The molecule has 170 valence electrons. The van der Waals surface area contributed by atoms with E-state index in [0.29, 0.717) is 29.1 Å². The monoisotopic (exact) mass is 438 g/mol. The third kappa shape index (κ3) is 5.48. The first-order valence-electron chi connectivity index (χ1n) is 10.8. The first kappa shape index (κ1) is 23.8. The molecule has 1 aliphatic rings. The van der Waals surface area contributed by atoms with Gasteiger partial charge in [0.1, 0.15) is 7.85 Å². The van der Waals surface area contributed by atoms with Gasteiger partial charge in [0, 0.05) is 19.6 Å². The second-order valence-electron chi connectivity index (χ2n) is 7.77. The van der Waals surface area contributed by atoms with E-state index in [1.165, 1.54) is 25.3 Å². The Hall–Kier alpha value is -2.87. The van der Waals surface area contributed by atoms with Crippen LogP contribution in [0.2, 0.25) is 0 Å². The number of carbonyl (C=O) groups excluding carboxylic acids is 1. The van der Waals surface area contributed by atoms with Gasteiger partial charge in [-0.3, -0.25) is 9.69 Å². The van der Waals surface area contributed by atoms with Gasteiger partial charge in [0.25, 0.3) is 5.91 Å². The molecule has 2 aromatic carbocycles. The molecule has 0 atom stereocenters. The molecule has 0 unspecified atom stereocenters. The number of ether oxygens (including phenoxy) is 4. The van der Waals surface area contributed by atoms with Crippen LogP contribution in [0.1, 0.15) is 34.3 Å². The van der Waals surface area contributed by atoms with Crippen molar-refractivity contribution in [2.45, 2.75) is 25.8 Å². The first-order valence-corrected chi connectivity index (χ1v) is 10.8. The minimum Gasteiger partial charge on any atom is -0.493 e. The summed E-state index contributed by atoms with van der Waals surface area (Å²) in [7, 11) is 12.2. The lowest BCUT2D eigenvalue weighted by Crippen LogP contribution is -2.32. The number of hydrogen-bond acceptors (Lipinski definition) is 6. The zero-order valence-corrected chi connectivity index (χ0v) is 19.3. The van der Waals surface area contributed by atoms with Crippen molar-refractivity contribution >= 4 is 19.2 Å². The van der Waals surface area contributed by atoms with E-state index in [0.717, 1.165) is 50.4 Å². The molecule has 1 amide bonds. The summed E-state index contributed by atoms with van der Waals surface area (Å²) >= 11 is 0. The zero-order chi connectivity index (χ0) is 23.1. The van der Waals surface area contributed by atoms with E-state index in [2.05, 4.69) is 22.3 Å². The molecule has 0 saturated heterocycles. The van der Waals surface area contributed by atoms with Crippen molar-refractivity contribution in [3.8, 4) is 23.0 Å². The Kier molecular flexibility index (Phi) is 8.28. The Balaban J connectivity index is 1.48. The molecule has 0 aromatic heterocycles. The van der Waals surface area contributed by atoms with Crippen molar-refractivity contribution in [1.82, 2.24) is 10.2 Å². The summed E-state index contributed by atoms with van der Waals surface area (Å²) in [4.78, 5) is 15.1. The molecule has 32 heavy (non-hydrogen) atoms. The average Bonchev–Trinajstić information content (AvgIpc) is 2.81. The number of fused-ring (bicyclic) bond motifs is 1. The van der Waals surface area contributed by atoms with Gasteiger partial charge in [-0.2, -0.15) is 0 Å². The number of amides is 1. The van der Waals surface area contributed by atoms with Gasteiger partial charge in [-0.1, -0.05) is 11.5 Å². The number of nitrogens with one attached hydrogen (secondary N) is 1. The van der Waals surface area contributed by atoms with Gasteiger partial charge in [-0.05, 0) is 55.1 Å². The fraction of sp³-hybridized carbons (Fsp3) is 0.458. The van der Waals surface area contributed by atoms with E-state index in [9.17, 15) is 4.79 Å². The van der Waals surface area contributed by atoms with Crippen molar-refractivity contribution in [1.29, 1.82) is 0 Å². The Morgan fingerprint density at radius 1 is 0.938 bits per heavy atom. The van der Waals surface area contributed by atoms with E-state index in [4.69, 9.17) is 26.8 Å². The number of methoxy groups -OCH3 is 4. The summed E-state index contributed by atoms with van der Waals surface area (Å²) in [6.07, 6.45) is 2.85. The lowest BCUT2D eigenvalue weighted by Gasteiger charge is -2.29. The van der Waals surface area contributed by atoms with Crippen LogP contribution in [0.15, 0.2) is 24.3 Å². The van der Waals surface area contributed by atoms with Crippen molar-refractivity contribution in [3.05, 3.63) is 41.0 Å². The highest BCUT2D eigenvalue weighted by molar-refractivity contribution is 6.33.